The van der Waals surface area contributed by atoms with Crippen LogP contribution in [0.1, 0.15) is 48.2 Å². The standard InChI is InChI=1S/C28H28N2O4/c1-4-5-8-19-11-13-20(14-12-19)30-25(22-9-6-7-16-29-22)24(27(32)28(30)33)26(31)21-17-18(2)10-15-23(21)34-3/h6-7,9-17,25,31H,4-5,8H2,1-3H3/b26-24+. The summed E-state index contributed by atoms with van der Waals surface area (Å²) in [6.45, 7) is 4.02. The van der Waals surface area contributed by atoms with Crippen LogP contribution in [0, 0.1) is 6.92 Å². The van der Waals surface area contributed by atoms with Crippen molar-refractivity contribution in [1.29, 1.82) is 0 Å². The third-order valence-corrected chi connectivity index (χ3v) is 6.06. The molecular formula is C28H28N2O4. The van der Waals surface area contributed by atoms with E-state index < -0.39 is 17.7 Å². The quantitative estimate of drug-likeness (QED) is 0.294. The van der Waals surface area contributed by atoms with E-state index in [4.69, 9.17) is 4.74 Å². The molecule has 1 aromatic heterocycles. The van der Waals surface area contributed by atoms with E-state index in [-0.39, 0.29) is 11.3 Å². The summed E-state index contributed by atoms with van der Waals surface area (Å²) in [5.74, 6) is -1.33. The molecule has 0 radical (unpaired) electrons. The van der Waals surface area contributed by atoms with Gasteiger partial charge in [0.25, 0.3) is 11.7 Å². The molecule has 174 valence electrons. The molecule has 1 N–H and O–H groups in total. The fraction of sp³-hybridized carbons (Fsp3) is 0.250. The number of aryl methyl sites for hydroxylation is 2. The second kappa shape index (κ2) is 9.91. The molecule has 1 fully saturated rings. The normalized spacial score (nSPS) is 17.3. The number of hydrogen-bond donors (Lipinski definition) is 1. The van der Waals surface area contributed by atoms with Gasteiger partial charge in [0.05, 0.1) is 23.9 Å². The van der Waals surface area contributed by atoms with Crippen molar-refractivity contribution < 1.29 is 19.4 Å². The number of hydrogen-bond acceptors (Lipinski definition) is 5. The minimum absolute atomic E-state index is 0.0114. The summed E-state index contributed by atoms with van der Waals surface area (Å²) in [5.41, 5.74) is 3.46. The van der Waals surface area contributed by atoms with Crippen LogP contribution in [-0.4, -0.2) is 28.9 Å². The number of amides is 1. The molecule has 0 bridgehead atoms. The molecule has 2 aromatic carbocycles. The number of aromatic nitrogens is 1. The molecule has 1 aliphatic rings. The van der Waals surface area contributed by atoms with Gasteiger partial charge >= 0.3 is 0 Å². The van der Waals surface area contributed by atoms with Gasteiger partial charge in [-0.05, 0) is 61.7 Å². The van der Waals surface area contributed by atoms with E-state index >= 15 is 0 Å². The maximum atomic E-state index is 13.3. The number of aliphatic hydroxyl groups excluding tert-OH is 1. The zero-order valence-corrected chi connectivity index (χ0v) is 19.6. The first kappa shape index (κ1) is 23.2. The zero-order valence-electron chi connectivity index (χ0n) is 19.6. The Bertz CT molecular complexity index is 1230. The van der Waals surface area contributed by atoms with Gasteiger partial charge in [-0.3, -0.25) is 19.5 Å². The van der Waals surface area contributed by atoms with Gasteiger partial charge in [0.1, 0.15) is 17.6 Å². The average Bonchev–Trinajstić information content (AvgIpc) is 3.13. The summed E-state index contributed by atoms with van der Waals surface area (Å²) in [4.78, 5) is 32.4. The molecule has 3 aromatic rings. The SMILES string of the molecule is CCCCc1ccc(N2C(=O)C(=O)/C(=C(/O)c3cc(C)ccc3OC)C2c2ccccn2)cc1. The Hall–Kier alpha value is -3.93. The number of carbonyl (C=O) groups excluding carboxylic acids is 2. The first-order valence-electron chi connectivity index (χ1n) is 11.4. The maximum Gasteiger partial charge on any atom is 0.300 e. The maximum absolute atomic E-state index is 13.3. The highest BCUT2D eigenvalue weighted by Gasteiger charge is 2.47. The second-order valence-electron chi connectivity index (χ2n) is 8.40. The van der Waals surface area contributed by atoms with Crippen molar-refractivity contribution in [1.82, 2.24) is 4.98 Å². The zero-order chi connectivity index (χ0) is 24.2. The number of unbranched alkanes of at least 4 members (excludes halogenated alkanes) is 1. The summed E-state index contributed by atoms with van der Waals surface area (Å²) in [7, 11) is 1.50. The molecule has 1 aliphatic heterocycles. The van der Waals surface area contributed by atoms with Crippen LogP contribution in [-0.2, 0) is 16.0 Å². The highest BCUT2D eigenvalue weighted by Crippen LogP contribution is 2.42. The van der Waals surface area contributed by atoms with Crippen molar-refractivity contribution >= 4 is 23.1 Å². The molecule has 0 aliphatic carbocycles. The Morgan fingerprint density at radius 2 is 1.85 bits per heavy atom. The smallest absolute Gasteiger partial charge is 0.300 e. The number of pyridine rings is 1. The van der Waals surface area contributed by atoms with E-state index in [0.717, 1.165) is 24.8 Å². The molecule has 1 saturated heterocycles. The summed E-state index contributed by atoms with van der Waals surface area (Å²) in [6, 6.07) is 17.4. The number of aliphatic hydroxyl groups is 1. The summed E-state index contributed by atoms with van der Waals surface area (Å²) < 4.78 is 5.42. The van der Waals surface area contributed by atoms with Crippen molar-refractivity contribution in [3.8, 4) is 5.75 Å². The van der Waals surface area contributed by atoms with Gasteiger partial charge in [0.2, 0.25) is 0 Å². The van der Waals surface area contributed by atoms with Crippen LogP contribution in [0.2, 0.25) is 0 Å². The van der Waals surface area contributed by atoms with Crippen LogP contribution in [0.25, 0.3) is 5.76 Å². The average molecular weight is 457 g/mol. The van der Waals surface area contributed by atoms with Gasteiger partial charge in [-0.25, -0.2) is 0 Å². The molecule has 1 unspecified atom stereocenters. The van der Waals surface area contributed by atoms with E-state index in [1.54, 1.807) is 36.5 Å². The molecule has 0 saturated carbocycles. The number of Topliss-reactive ketones (excluding diaryl/α,β-unsaturated/α-hetero) is 1. The summed E-state index contributed by atoms with van der Waals surface area (Å²) >= 11 is 0. The van der Waals surface area contributed by atoms with Gasteiger partial charge < -0.3 is 9.84 Å². The lowest BCUT2D eigenvalue weighted by Gasteiger charge is -2.25. The second-order valence-corrected chi connectivity index (χ2v) is 8.40. The van der Waals surface area contributed by atoms with Crippen LogP contribution < -0.4 is 9.64 Å². The van der Waals surface area contributed by atoms with Gasteiger partial charge in [0.15, 0.2) is 0 Å². The van der Waals surface area contributed by atoms with Gasteiger partial charge in [-0.15, -0.1) is 0 Å². The molecular weight excluding hydrogens is 428 g/mol. The third-order valence-electron chi connectivity index (χ3n) is 6.06. The van der Waals surface area contributed by atoms with E-state index in [2.05, 4.69) is 11.9 Å². The van der Waals surface area contributed by atoms with Crippen LogP contribution in [0.3, 0.4) is 0 Å². The Morgan fingerprint density at radius 1 is 1.09 bits per heavy atom. The molecule has 2 heterocycles. The number of ketones is 1. The van der Waals surface area contributed by atoms with Crippen LogP contribution in [0.4, 0.5) is 5.69 Å². The van der Waals surface area contributed by atoms with Crippen LogP contribution in [0.5, 0.6) is 5.75 Å². The van der Waals surface area contributed by atoms with Crippen molar-refractivity contribution in [2.45, 2.75) is 39.2 Å². The van der Waals surface area contributed by atoms with Crippen molar-refractivity contribution in [2.24, 2.45) is 0 Å². The fourth-order valence-electron chi connectivity index (χ4n) is 4.27. The summed E-state index contributed by atoms with van der Waals surface area (Å²) in [6.07, 6.45) is 4.73. The van der Waals surface area contributed by atoms with Crippen molar-refractivity contribution in [3.63, 3.8) is 0 Å². The lowest BCUT2D eigenvalue weighted by Crippen LogP contribution is -2.29. The largest absolute Gasteiger partial charge is 0.507 e. The number of nitrogens with zero attached hydrogens (tertiary/aromatic N) is 2. The number of methoxy groups -OCH3 is 1. The van der Waals surface area contributed by atoms with Gasteiger partial charge in [0, 0.05) is 11.9 Å². The molecule has 0 spiro atoms. The predicted molar refractivity (Wildman–Crippen MR) is 132 cm³/mol. The molecule has 1 amide bonds. The Labute approximate surface area is 199 Å². The van der Waals surface area contributed by atoms with Gasteiger partial charge in [-0.1, -0.05) is 43.2 Å². The van der Waals surface area contributed by atoms with Crippen molar-refractivity contribution in [2.75, 3.05) is 12.0 Å². The first-order valence-corrected chi connectivity index (χ1v) is 11.4. The monoisotopic (exact) mass is 456 g/mol. The van der Waals surface area contributed by atoms with Gasteiger partial charge in [-0.2, -0.15) is 0 Å². The van der Waals surface area contributed by atoms with Crippen molar-refractivity contribution in [3.05, 3.63) is 94.8 Å². The Balaban J connectivity index is 1.88. The van der Waals surface area contributed by atoms with Crippen LogP contribution >= 0.6 is 0 Å². The Kier molecular flexibility index (Phi) is 6.77. The molecule has 6 heteroatoms. The minimum atomic E-state index is -0.868. The highest BCUT2D eigenvalue weighted by molar-refractivity contribution is 6.51. The molecule has 6 nitrogen and oxygen atoms in total. The van der Waals surface area contributed by atoms with E-state index in [1.807, 2.05) is 37.3 Å². The minimum Gasteiger partial charge on any atom is -0.507 e. The van der Waals surface area contributed by atoms with E-state index in [1.165, 1.54) is 17.6 Å². The number of carbonyl (C=O) groups is 2. The fourth-order valence-corrected chi connectivity index (χ4v) is 4.27. The molecule has 4 rings (SSSR count). The Morgan fingerprint density at radius 3 is 2.50 bits per heavy atom. The first-order chi connectivity index (χ1) is 16.5. The number of ether oxygens (including phenoxy) is 1. The number of benzene rings is 2. The number of rotatable bonds is 7. The van der Waals surface area contributed by atoms with E-state index in [9.17, 15) is 14.7 Å². The lowest BCUT2D eigenvalue weighted by molar-refractivity contribution is -0.132. The van der Waals surface area contributed by atoms with E-state index in [0.29, 0.717) is 22.7 Å². The topological polar surface area (TPSA) is 79.7 Å². The predicted octanol–water partition coefficient (Wildman–Crippen LogP) is 5.37. The number of anilines is 1. The third kappa shape index (κ3) is 4.31. The molecule has 1 atom stereocenters. The lowest BCUT2D eigenvalue weighted by atomic mass is 9.97. The van der Waals surface area contributed by atoms with Crippen LogP contribution in [0.15, 0.2) is 72.4 Å². The summed E-state index contributed by atoms with van der Waals surface area (Å²) in [5, 5.41) is 11.4. The highest BCUT2D eigenvalue weighted by atomic mass is 16.5. The molecule has 34 heavy (non-hydrogen) atoms.